The summed E-state index contributed by atoms with van der Waals surface area (Å²) >= 11 is 0. The SMILES string of the molecule is CNS(=O)(=O)c1ccc(/C=C/C(=O)N(C)Cc2ccccc2F)cc1. The fourth-order valence-electron chi connectivity index (χ4n) is 2.13. The van der Waals surface area contributed by atoms with E-state index in [9.17, 15) is 17.6 Å². The first-order chi connectivity index (χ1) is 11.8. The number of benzene rings is 2. The maximum absolute atomic E-state index is 13.6. The number of hydrogen-bond acceptors (Lipinski definition) is 3. The van der Waals surface area contributed by atoms with Crippen LogP contribution in [-0.2, 0) is 21.4 Å². The van der Waals surface area contributed by atoms with E-state index in [0.29, 0.717) is 11.1 Å². The van der Waals surface area contributed by atoms with Crippen LogP contribution in [0.2, 0.25) is 0 Å². The first-order valence-corrected chi connectivity index (χ1v) is 9.02. The summed E-state index contributed by atoms with van der Waals surface area (Å²) in [6.45, 7) is 0.162. The van der Waals surface area contributed by atoms with Gasteiger partial charge in [-0.25, -0.2) is 17.5 Å². The summed E-state index contributed by atoms with van der Waals surface area (Å²) in [5.74, 6) is -0.636. The van der Waals surface area contributed by atoms with E-state index in [1.54, 1.807) is 43.5 Å². The Balaban J connectivity index is 2.03. The zero-order valence-corrected chi connectivity index (χ0v) is 14.8. The Morgan fingerprint density at radius 3 is 2.40 bits per heavy atom. The standard InChI is InChI=1S/C18H19FN2O3S/c1-20-25(23,24)16-10-7-14(8-11-16)9-12-18(22)21(2)13-15-5-3-4-6-17(15)19/h3-12,20H,13H2,1-2H3/b12-9+. The lowest BCUT2D eigenvalue weighted by Gasteiger charge is -2.15. The molecule has 0 saturated carbocycles. The summed E-state index contributed by atoms with van der Waals surface area (Å²) in [7, 11) is -0.558. The Labute approximate surface area is 146 Å². The molecule has 0 aliphatic carbocycles. The summed E-state index contributed by atoms with van der Waals surface area (Å²) < 4.78 is 39.1. The highest BCUT2D eigenvalue weighted by molar-refractivity contribution is 7.89. The molecule has 5 nitrogen and oxygen atoms in total. The van der Waals surface area contributed by atoms with E-state index < -0.39 is 10.0 Å². The quantitative estimate of drug-likeness (QED) is 0.803. The number of nitrogens with one attached hydrogen (secondary N) is 1. The van der Waals surface area contributed by atoms with Crippen molar-refractivity contribution >= 4 is 22.0 Å². The van der Waals surface area contributed by atoms with Gasteiger partial charge in [-0.15, -0.1) is 0 Å². The minimum absolute atomic E-state index is 0.148. The van der Waals surface area contributed by atoms with Crippen molar-refractivity contribution in [3.05, 3.63) is 71.6 Å². The molecule has 2 aromatic rings. The van der Waals surface area contributed by atoms with Crippen molar-refractivity contribution in [2.24, 2.45) is 0 Å². The number of rotatable bonds is 6. The number of likely N-dealkylation sites (N-methyl/N-ethyl adjacent to an activating group) is 1. The molecule has 0 saturated heterocycles. The van der Waals surface area contributed by atoms with E-state index in [1.807, 2.05) is 0 Å². The van der Waals surface area contributed by atoms with Crippen LogP contribution in [-0.4, -0.2) is 33.3 Å². The normalized spacial score (nSPS) is 11.6. The zero-order valence-electron chi connectivity index (χ0n) is 13.9. The lowest BCUT2D eigenvalue weighted by atomic mass is 10.2. The highest BCUT2D eigenvalue weighted by Crippen LogP contribution is 2.12. The second kappa shape index (κ2) is 8.04. The van der Waals surface area contributed by atoms with Gasteiger partial charge < -0.3 is 4.90 Å². The van der Waals surface area contributed by atoms with Gasteiger partial charge in [0.2, 0.25) is 15.9 Å². The third-order valence-electron chi connectivity index (χ3n) is 3.62. The Hall–Kier alpha value is -2.51. The molecular formula is C18H19FN2O3S. The molecule has 0 aliphatic heterocycles. The molecule has 2 rings (SSSR count). The number of amides is 1. The Kier molecular flexibility index (Phi) is 6.06. The van der Waals surface area contributed by atoms with Crippen LogP contribution in [0.5, 0.6) is 0 Å². The van der Waals surface area contributed by atoms with Crippen LogP contribution >= 0.6 is 0 Å². The van der Waals surface area contributed by atoms with Gasteiger partial charge in [0.1, 0.15) is 5.82 Å². The fraction of sp³-hybridized carbons (Fsp3) is 0.167. The first kappa shape index (κ1) is 18.8. The Morgan fingerprint density at radius 2 is 1.80 bits per heavy atom. The van der Waals surface area contributed by atoms with Crippen LogP contribution in [0.15, 0.2) is 59.5 Å². The van der Waals surface area contributed by atoms with E-state index in [2.05, 4.69) is 4.72 Å². The van der Waals surface area contributed by atoms with Gasteiger partial charge in [0, 0.05) is 25.2 Å². The van der Waals surface area contributed by atoms with E-state index in [-0.39, 0.29) is 23.2 Å². The zero-order chi connectivity index (χ0) is 18.4. The molecule has 0 aliphatic rings. The number of carbonyl (C=O) groups is 1. The van der Waals surface area contributed by atoms with Crippen LogP contribution in [0, 0.1) is 5.82 Å². The van der Waals surface area contributed by atoms with Gasteiger partial charge in [-0.3, -0.25) is 4.79 Å². The summed E-state index contributed by atoms with van der Waals surface area (Å²) in [4.78, 5) is 13.7. The second-order valence-corrected chi connectivity index (χ2v) is 7.28. The lowest BCUT2D eigenvalue weighted by Crippen LogP contribution is -2.24. The van der Waals surface area contributed by atoms with E-state index in [1.165, 1.54) is 36.2 Å². The highest BCUT2D eigenvalue weighted by atomic mass is 32.2. The largest absolute Gasteiger partial charge is 0.338 e. The molecule has 2 aromatic carbocycles. The Morgan fingerprint density at radius 1 is 1.16 bits per heavy atom. The third-order valence-corrected chi connectivity index (χ3v) is 5.05. The van der Waals surface area contributed by atoms with Crippen LogP contribution in [0.1, 0.15) is 11.1 Å². The number of halogens is 1. The molecule has 1 N–H and O–H groups in total. The van der Waals surface area contributed by atoms with E-state index in [4.69, 9.17) is 0 Å². The molecule has 0 unspecified atom stereocenters. The maximum Gasteiger partial charge on any atom is 0.246 e. The molecule has 25 heavy (non-hydrogen) atoms. The van der Waals surface area contributed by atoms with Gasteiger partial charge in [0.05, 0.1) is 4.90 Å². The maximum atomic E-state index is 13.6. The molecule has 132 valence electrons. The summed E-state index contributed by atoms with van der Waals surface area (Å²) in [6.07, 6.45) is 2.94. The molecule has 0 aromatic heterocycles. The van der Waals surface area contributed by atoms with Gasteiger partial charge in [-0.1, -0.05) is 30.3 Å². The predicted octanol–water partition coefficient (Wildman–Crippen LogP) is 2.41. The van der Waals surface area contributed by atoms with Gasteiger partial charge in [-0.2, -0.15) is 0 Å². The van der Waals surface area contributed by atoms with Crippen molar-refractivity contribution in [3.63, 3.8) is 0 Å². The van der Waals surface area contributed by atoms with Gasteiger partial charge in [0.15, 0.2) is 0 Å². The van der Waals surface area contributed by atoms with Gasteiger partial charge in [0.25, 0.3) is 0 Å². The average Bonchev–Trinajstić information content (AvgIpc) is 2.61. The molecule has 1 amide bonds. The minimum Gasteiger partial charge on any atom is -0.338 e. The minimum atomic E-state index is -3.48. The van der Waals surface area contributed by atoms with Gasteiger partial charge >= 0.3 is 0 Å². The molecular weight excluding hydrogens is 343 g/mol. The van der Waals surface area contributed by atoms with Crippen LogP contribution in [0.25, 0.3) is 6.08 Å². The topological polar surface area (TPSA) is 66.5 Å². The molecule has 0 bridgehead atoms. The van der Waals surface area contributed by atoms with Crippen molar-refractivity contribution < 1.29 is 17.6 Å². The predicted molar refractivity (Wildman–Crippen MR) is 94.6 cm³/mol. The first-order valence-electron chi connectivity index (χ1n) is 7.53. The molecule has 0 radical (unpaired) electrons. The van der Waals surface area contributed by atoms with Crippen LogP contribution in [0.3, 0.4) is 0 Å². The highest BCUT2D eigenvalue weighted by Gasteiger charge is 2.11. The number of hydrogen-bond donors (Lipinski definition) is 1. The van der Waals surface area contributed by atoms with Crippen molar-refractivity contribution in [1.29, 1.82) is 0 Å². The lowest BCUT2D eigenvalue weighted by molar-refractivity contribution is -0.125. The molecule has 0 fully saturated rings. The van der Waals surface area contributed by atoms with Crippen molar-refractivity contribution in [2.75, 3.05) is 14.1 Å². The molecule has 7 heteroatoms. The smallest absolute Gasteiger partial charge is 0.246 e. The molecule has 0 spiro atoms. The average molecular weight is 362 g/mol. The summed E-state index contributed by atoms with van der Waals surface area (Å²) in [5.41, 5.74) is 1.12. The monoisotopic (exact) mass is 362 g/mol. The summed E-state index contributed by atoms with van der Waals surface area (Å²) in [6, 6.07) is 12.4. The number of carbonyl (C=O) groups excluding carboxylic acids is 1. The Bertz CT molecular complexity index is 877. The number of sulfonamides is 1. The van der Waals surface area contributed by atoms with Crippen LogP contribution in [0.4, 0.5) is 4.39 Å². The van der Waals surface area contributed by atoms with Crippen molar-refractivity contribution in [2.45, 2.75) is 11.4 Å². The second-order valence-electron chi connectivity index (χ2n) is 5.40. The van der Waals surface area contributed by atoms with E-state index in [0.717, 1.165) is 0 Å². The number of nitrogens with zero attached hydrogens (tertiary/aromatic N) is 1. The van der Waals surface area contributed by atoms with Crippen molar-refractivity contribution in [3.8, 4) is 0 Å². The van der Waals surface area contributed by atoms with Crippen molar-refractivity contribution in [1.82, 2.24) is 9.62 Å². The molecule has 0 atom stereocenters. The third kappa shape index (κ3) is 4.98. The fourth-order valence-corrected chi connectivity index (χ4v) is 2.86. The van der Waals surface area contributed by atoms with E-state index >= 15 is 0 Å². The molecule has 0 heterocycles. The van der Waals surface area contributed by atoms with Gasteiger partial charge in [-0.05, 0) is 36.9 Å². The summed E-state index contributed by atoms with van der Waals surface area (Å²) in [5, 5.41) is 0. The van der Waals surface area contributed by atoms with Crippen LogP contribution < -0.4 is 4.72 Å².